The molecule has 113 heavy (non-hydrogen) atoms. The highest BCUT2D eigenvalue weighted by Gasteiger charge is 2.30. The van der Waals surface area contributed by atoms with E-state index in [0.717, 1.165) is 0 Å². The quantitative estimate of drug-likeness (QED) is 0.00605. The molecule has 0 bridgehead atoms. The zero-order valence-electron chi connectivity index (χ0n) is 64.5. The molecule has 0 spiro atoms. The topological polar surface area (TPSA) is 555 Å². The van der Waals surface area contributed by atoms with Gasteiger partial charge in [-0.25, -0.2) is 29.5 Å². The number of azide groups is 1. The lowest BCUT2D eigenvalue weighted by atomic mass is 9.75. The SMILES string of the molecule is COC(=O)[C@H](CCC(=O)CCCOCCCC(=O)CCC(C)(CCC(=O)CCCOCCCC(=O)CC[C@H](NC(=O)c1ccc(NCc2cnc3nc(N)[nH]c(=O)c3n2)cc1)C(=O)OC)CC(=O)CCCCCNC(=O)[C@H](CCCCN)CC(=O)CCN=[N+]=[N-])NC(=O)c1ccc(NCc2cnc3nc(N)[nH]c(=O)c3n2)cc1. The van der Waals surface area contributed by atoms with Gasteiger partial charge in [0, 0.05) is 150 Å². The van der Waals surface area contributed by atoms with Gasteiger partial charge in [0.05, 0.1) is 51.1 Å². The number of esters is 2. The third-order valence-corrected chi connectivity index (χ3v) is 18.7. The maximum atomic E-state index is 13.7. The molecule has 0 aliphatic heterocycles. The number of nitrogens with two attached hydrogens (primary N) is 3. The predicted molar refractivity (Wildman–Crippen MR) is 418 cm³/mol. The highest BCUT2D eigenvalue weighted by atomic mass is 16.5. The number of aromatic amines is 2. The maximum Gasteiger partial charge on any atom is 0.328 e. The zero-order chi connectivity index (χ0) is 81.9. The van der Waals surface area contributed by atoms with Crippen molar-refractivity contribution in [2.45, 2.75) is 199 Å². The van der Waals surface area contributed by atoms with E-state index in [2.05, 4.69) is 76.5 Å². The Balaban J connectivity index is 0.882. The molecule has 0 aliphatic rings. The molecule has 6 aromatic rings. The van der Waals surface area contributed by atoms with Crippen LogP contribution in [0.15, 0.2) is 75.6 Å². The van der Waals surface area contributed by atoms with Crippen molar-refractivity contribution >= 4 is 110 Å². The largest absolute Gasteiger partial charge is 0.467 e. The predicted octanol–water partition coefficient (Wildman–Crippen LogP) is 6.97. The minimum absolute atomic E-state index is 0.000913. The first-order valence-electron chi connectivity index (χ1n) is 38.1. The van der Waals surface area contributed by atoms with Crippen molar-refractivity contribution in [1.82, 2.24) is 55.8 Å². The Kier molecular flexibility index (Phi) is 39.3. The smallest absolute Gasteiger partial charge is 0.328 e. The molecule has 610 valence electrons. The summed E-state index contributed by atoms with van der Waals surface area (Å²) in [7, 11) is 2.37. The number of nitrogens with one attached hydrogen (secondary N) is 7. The van der Waals surface area contributed by atoms with Crippen LogP contribution in [0.5, 0.6) is 0 Å². The number of H-pyrrole nitrogens is 2. The van der Waals surface area contributed by atoms with Crippen molar-refractivity contribution in [3.05, 3.63) is 115 Å². The number of rotatable bonds is 58. The van der Waals surface area contributed by atoms with E-state index in [1.807, 2.05) is 6.92 Å². The molecule has 0 aliphatic carbocycles. The van der Waals surface area contributed by atoms with Crippen LogP contribution in [0.3, 0.4) is 0 Å². The molecule has 0 fully saturated rings. The number of unbranched alkanes of at least 4 members (excludes halogenated alkanes) is 3. The van der Waals surface area contributed by atoms with E-state index in [1.165, 1.54) is 26.6 Å². The van der Waals surface area contributed by atoms with Crippen LogP contribution in [0.25, 0.3) is 32.8 Å². The van der Waals surface area contributed by atoms with E-state index in [4.69, 9.17) is 41.7 Å². The van der Waals surface area contributed by atoms with Gasteiger partial charge in [-0.3, -0.25) is 62.7 Å². The number of Topliss-reactive ketones (excluding diaryl/α,β-unsaturated/α-hetero) is 6. The van der Waals surface area contributed by atoms with Crippen molar-refractivity contribution in [2.24, 2.45) is 22.2 Å². The fourth-order valence-corrected chi connectivity index (χ4v) is 12.2. The monoisotopic (exact) mass is 1570 g/mol. The number of ether oxygens (including phenoxy) is 4. The van der Waals surface area contributed by atoms with Gasteiger partial charge in [0.2, 0.25) is 17.8 Å². The number of carbonyl (C=O) groups is 11. The number of amides is 3. The molecule has 36 heteroatoms. The number of methoxy groups -OCH3 is 2. The van der Waals surface area contributed by atoms with Gasteiger partial charge in [-0.1, -0.05) is 24.9 Å². The second kappa shape index (κ2) is 49.1. The minimum Gasteiger partial charge on any atom is -0.467 e. The summed E-state index contributed by atoms with van der Waals surface area (Å²) in [6.45, 7) is 4.13. The van der Waals surface area contributed by atoms with E-state index in [-0.39, 0.29) is 222 Å². The first-order valence-corrected chi connectivity index (χ1v) is 38.1. The summed E-state index contributed by atoms with van der Waals surface area (Å²) in [5, 5.41) is 17.9. The zero-order valence-corrected chi connectivity index (χ0v) is 64.5. The highest BCUT2D eigenvalue weighted by molar-refractivity contribution is 5.98. The van der Waals surface area contributed by atoms with Gasteiger partial charge in [0.1, 0.15) is 46.8 Å². The Morgan fingerprint density at radius 1 is 0.531 bits per heavy atom. The van der Waals surface area contributed by atoms with E-state index < -0.39 is 58.3 Å². The van der Waals surface area contributed by atoms with Crippen molar-refractivity contribution in [3.8, 4) is 0 Å². The van der Waals surface area contributed by atoms with Gasteiger partial charge in [0.15, 0.2) is 22.3 Å². The van der Waals surface area contributed by atoms with Crippen LogP contribution in [-0.2, 0) is 75.2 Å². The molecule has 3 amide bonds. The lowest BCUT2D eigenvalue weighted by molar-refractivity contribution is -0.144. The van der Waals surface area contributed by atoms with Crippen LogP contribution in [0.1, 0.15) is 206 Å². The van der Waals surface area contributed by atoms with Crippen LogP contribution < -0.4 is 54.9 Å². The van der Waals surface area contributed by atoms with Crippen LogP contribution >= 0.6 is 0 Å². The Hall–Kier alpha value is -11.4. The molecule has 4 heterocycles. The molecule has 4 aromatic heterocycles. The molecular weight excluding hydrogens is 1460 g/mol. The number of nitrogens with zero attached hydrogens (tertiary/aromatic N) is 9. The van der Waals surface area contributed by atoms with E-state index in [1.54, 1.807) is 48.5 Å². The summed E-state index contributed by atoms with van der Waals surface area (Å²) < 4.78 is 21.4. The molecule has 0 saturated heterocycles. The summed E-state index contributed by atoms with van der Waals surface area (Å²) in [5.41, 5.74) is 26.6. The van der Waals surface area contributed by atoms with E-state index in [0.29, 0.717) is 113 Å². The number of anilines is 4. The standard InChI is InChI=1S/C77H105N19O17/c1-77(44-61(102)14-5-4-8-37-82-68(103)51(13-6-7-36-78)43-60(101)33-38-87-96-81,34-31-58(99)17-11-41-112-39-9-15-56(97)27-29-62(73(108)110-2)90-69(104)49-19-23-52(24-20-49)83-45-54-47-85-66-64(88-54)71(106)94-75(79)92-66)35-32-59(100)18-12-42-113-40-10-16-57(98)28-30-63(74(109)111-3)91-70(105)50-21-25-53(26-22-50)84-46-55-48-86-67-65(89-55)72(107)95-76(80)93-67/h19-26,47-48,51,62-63,83-84H,4-18,27-46,78H2,1-3H3,(H,82,103)(H,90,104)(H,91,105)(H3,79,85,92,94,106)(H3,80,86,93,95,107)/t51-,62+,63+/m1/s1. The molecule has 36 nitrogen and oxygen atoms in total. The number of fused-ring (bicyclic) bond motifs is 2. The lowest BCUT2D eigenvalue weighted by Gasteiger charge is -2.29. The first kappa shape index (κ1) is 90.5. The van der Waals surface area contributed by atoms with Crippen LogP contribution in [0, 0.1) is 11.3 Å². The third kappa shape index (κ3) is 33.6. The summed E-state index contributed by atoms with van der Waals surface area (Å²) in [6.07, 6.45) is 10.4. The molecule has 0 unspecified atom stereocenters. The highest BCUT2D eigenvalue weighted by Crippen LogP contribution is 2.35. The Labute approximate surface area is 653 Å². The van der Waals surface area contributed by atoms with Gasteiger partial charge in [-0.05, 0) is 143 Å². The van der Waals surface area contributed by atoms with Crippen LogP contribution in [0.2, 0.25) is 0 Å². The van der Waals surface area contributed by atoms with E-state index >= 15 is 0 Å². The molecule has 13 N–H and O–H groups in total. The van der Waals surface area contributed by atoms with Gasteiger partial charge in [-0.15, -0.1) is 0 Å². The van der Waals surface area contributed by atoms with Crippen LogP contribution in [0.4, 0.5) is 23.3 Å². The molecule has 3 atom stereocenters. The number of nitrogen functional groups attached to an aromatic ring is 2. The Bertz CT molecular complexity index is 4130. The van der Waals surface area contributed by atoms with Gasteiger partial charge < -0.3 is 62.7 Å². The molecule has 2 aromatic carbocycles. The number of aromatic nitrogens is 8. The average molecular weight is 1570 g/mol. The second-order valence-corrected chi connectivity index (χ2v) is 27.9. The fourth-order valence-electron chi connectivity index (χ4n) is 12.2. The minimum atomic E-state index is -1.10. The number of hydrogen-bond acceptors (Lipinski definition) is 29. The van der Waals surface area contributed by atoms with Crippen molar-refractivity contribution in [1.29, 1.82) is 0 Å². The van der Waals surface area contributed by atoms with Gasteiger partial charge in [-0.2, -0.15) is 9.97 Å². The second-order valence-electron chi connectivity index (χ2n) is 27.9. The lowest BCUT2D eigenvalue weighted by Crippen LogP contribution is -2.41. The summed E-state index contributed by atoms with van der Waals surface area (Å²) >= 11 is 0. The number of carbonyl (C=O) groups excluding carboxylic acids is 11. The van der Waals surface area contributed by atoms with Crippen molar-refractivity contribution in [2.75, 3.05) is 82.4 Å². The number of ketones is 6. The van der Waals surface area contributed by atoms with Crippen LogP contribution in [-0.4, -0.2) is 177 Å². The number of hydrogen-bond donors (Lipinski definition) is 10. The summed E-state index contributed by atoms with van der Waals surface area (Å²) in [4.78, 5) is 201. The Morgan fingerprint density at radius 3 is 1.41 bits per heavy atom. The Morgan fingerprint density at radius 2 is 0.973 bits per heavy atom. The summed E-state index contributed by atoms with van der Waals surface area (Å²) in [6, 6.07) is 10.6. The molecular formula is C77H105N19O17. The number of benzene rings is 2. The fraction of sp³-hybridized carbons (Fsp3) is 0.545. The third-order valence-electron chi connectivity index (χ3n) is 18.7. The van der Waals surface area contributed by atoms with Crippen molar-refractivity contribution in [3.63, 3.8) is 0 Å². The van der Waals surface area contributed by atoms with Gasteiger partial charge >= 0.3 is 11.9 Å². The maximum absolute atomic E-state index is 13.7. The van der Waals surface area contributed by atoms with E-state index in [9.17, 15) is 62.3 Å². The summed E-state index contributed by atoms with van der Waals surface area (Å²) in [5.74, 6) is -4.04. The molecule has 6 rings (SSSR count). The first-order chi connectivity index (χ1) is 54.4. The van der Waals surface area contributed by atoms with Crippen molar-refractivity contribution < 1.29 is 71.7 Å². The molecule has 0 saturated carbocycles. The average Bonchev–Trinajstić information content (AvgIpc) is 0.807. The normalized spacial score (nSPS) is 12.0. The molecule has 0 radical (unpaired) electrons. The van der Waals surface area contributed by atoms with Gasteiger partial charge in [0.25, 0.3) is 22.9 Å².